The van der Waals surface area contributed by atoms with Crippen molar-refractivity contribution in [1.29, 1.82) is 0 Å². The predicted molar refractivity (Wildman–Crippen MR) is 73.4 cm³/mol. The lowest BCUT2D eigenvalue weighted by Crippen LogP contribution is -2.37. The van der Waals surface area contributed by atoms with Gasteiger partial charge in [0.05, 0.1) is 0 Å². The second kappa shape index (κ2) is 6.45. The van der Waals surface area contributed by atoms with Gasteiger partial charge in [-0.2, -0.15) is 0 Å². The molecule has 0 bridgehead atoms. The monoisotopic (exact) mass is 318 g/mol. The summed E-state index contributed by atoms with van der Waals surface area (Å²) in [6.45, 7) is 4.44. The van der Waals surface area contributed by atoms with Crippen LogP contribution >= 0.6 is 22.6 Å². The van der Waals surface area contributed by atoms with Crippen molar-refractivity contribution in [3.05, 3.63) is 33.4 Å². The Hall–Kier alpha value is -0.130. The molecule has 3 N–H and O–H groups in total. The number of benzene rings is 1. The van der Waals surface area contributed by atoms with E-state index in [1.54, 1.807) is 0 Å². The number of hydrazine groups is 1. The molecule has 0 amide bonds. The van der Waals surface area contributed by atoms with Gasteiger partial charge in [0.2, 0.25) is 0 Å². The first-order valence-electron chi connectivity index (χ1n) is 5.32. The molecule has 0 saturated heterocycles. The Kier molecular flexibility index (Phi) is 5.56. The second-order valence-electron chi connectivity index (χ2n) is 4.32. The molecule has 2 nitrogen and oxygen atoms in total. The molecule has 0 saturated carbocycles. The molecule has 15 heavy (non-hydrogen) atoms. The summed E-state index contributed by atoms with van der Waals surface area (Å²) in [6.07, 6.45) is 2.12. The normalized spacial score (nSPS) is 13.1. The average Bonchev–Trinajstić information content (AvgIpc) is 2.19. The molecule has 3 heteroatoms. The van der Waals surface area contributed by atoms with Gasteiger partial charge >= 0.3 is 0 Å². The van der Waals surface area contributed by atoms with Crippen molar-refractivity contribution in [2.45, 2.75) is 32.7 Å². The first-order chi connectivity index (χ1) is 7.11. The third kappa shape index (κ3) is 4.95. The van der Waals surface area contributed by atoms with Crippen molar-refractivity contribution in [3.63, 3.8) is 0 Å². The molecule has 0 aliphatic rings. The van der Waals surface area contributed by atoms with Crippen LogP contribution in [0, 0.1) is 9.49 Å². The largest absolute Gasteiger partial charge is 0.271 e. The Morgan fingerprint density at radius 3 is 2.33 bits per heavy atom. The van der Waals surface area contributed by atoms with Gasteiger partial charge in [0.15, 0.2) is 0 Å². The molecule has 0 heterocycles. The van der Waals surface area contributed by atoms with Gasteiger partial charge in [-0.15, -0.1) is 0 Å². The number of hydrogen-bond donors (Lipinski definition) is 2. The van der Waals surface area contributed by atoms with Crippen LogP contribution in [0.4, 0.5) is 0 Å². The summed E-state index contributed by atoms with van der Waals surface area (Å²) in [6, 6.07) is 9.00. The van der Waals surface area contributed by atoms with Gasteiger partial charge in [-0.1, -0.05) is 26.0 Å². The Balaban J connectivity index is 2.54. The van der Waals surface area contributed by atoms with Gasteiger partial charge in [-0.3, -0.25) is 11.3 Å². The van der Waals surface area contributed by atoms with E-state index >= 15 is 0 Å². The maximum Gasteiger partial charge on any atom is 0.0253 e. The number of nitrogens with two attached hydrogens (primary N) is 1. The fraction of sp³-hybridized carbons (Fsp3) is 0.500. The van der Waals surface area contributed by atoms with Crippen molar-refractivity contribution < 1.29 is 0 Å². The van der Waals surface area contributed by atoms with Crippen molar-refractivity contribution in [1.82, 2.24) is 5.43 Å². The van der Waals surface area contributed by atoms with Crippen LogP contribution < -0.4 is 11.3 Å². The number of rotatable bonds is 5. The highest BCUT2D eigenvalue weighted by Crippen LogP contribution is 2.12. The minimum absolute atomic E-state index is 0.380. The molecule has 1 aromatic rings. The Morgan fingerprint density at radius 1 is 1.27 bits per heavy atom. The SMILES string of the molecule is CC(C)CC(Cc1ccc(I)cc1)NN. The number of halogens is 1. The molecular weight excluding hydrogens is 299 g/mol. The van der Waals surface area contributed by atoms with E-state index in [-0.39, 0.29) is 0 Å². The fourth-order valence-electron chi connectivity index (χ4n) is 1.68. The summed E-state index contributed by atoms with van der Waals surface area (Å²) >= 11 is 2.32. The van der Waals surface area contributed by atoms with Crippen LogP contribution in [0.3, 0.4) is 0 Å². The summed E-state index contributed by atoms with van der Waals surface area (Å²) in [4.78, 5) is 0. The van der Waals surface area contributed by atoms with Crippen LogP contribution in [0.25, 0.3) is 0 Å². The molecule has 0 fully saturated rings. The standard InChI is InChI=1S/C12H19IN2/c1-9(2)7-12(15-14)8-10-3-5-11(13)6-4-10/h3-6,9,12,15H,7-8,14H2,1-2H3. The summed E-state index contributed by atoms with van der Waals surface area (Å²) in [5.74, 6) is 6.22. The van der Waals surface area contributed by atoms with Crippen LogP contribution in [0.2, 0.25) is 0 Å². The summed E-state index contributed by atoms with van der Waals surface area (Å²) < 4.78 is 1.28. The van der Waals surface area contributed by atoms with E-state index in [9.17, 15) is 0 Å². The van der Waals surface area contributed by atoms with Gasteiger partial charge in [0.25, 0.3) is 0 Å². The van der Waals surface area contributed by atoms with E-state index in [4.69, 9.17) is 5.84 Å². The number of nitrogens with one attached hydrogen (secondary N) is 1. The molecule has 0 radical (unpaired) electrons. The van der Waals surface area contributed by atoms with Gasteiger partial charge in [0, 0.05) is 9.61 Å². The molecular formula is C12H19IN2. The minimum atomic E-state index is 0.380. The van der Waals surface area contributed by atoms with Crippen molar-refractivity contribution in [2.24, 2.45) is 11.8 Å². The van der Waals surface area contributed by atoms with E-state index in [0.29, 0.717) is 12.0 Å². The molecule has 0 aliphatic heterocycles. The molecule has 1 unspecified atom stereocenters. The highest BCUT2D eigenvalue weighted by Gasteiger charge is 2.09. The first kappa shape index (κ1) is 12.9. The zero-order chi connectivity index (χ0) is 11.3. The summed E-state index contributed by atoms with van der Waals surface area (Å²) in [7, 11) is 0. The van der Waals surface area contributed by atoms with Crippen molar-refractivity contribution >= 4 is 22.6 Å². The Morgan fingerprint density at radius 2 is 1.87 bits per heavy atom. The molecule has 0 aromatic heterocycles. The van der Waals surface area contributed by atoms with Gasteiger partial charge in [-0.05, 0) is 59.0 Å². The quantitative estimate of drug-likeness (QED) is 0.498. The lowest BCUT2D eigenvalue weighted by molar-refractivity contribution is 0.423. The summed E-state index contributed by atoms with van der Waals surface area (Å²) in [5.41, 5.74) is 4.24. The van der Waals surface area contributed by atoms with E-state index < -0.39 is 0 Å². The lowest BCUT2D eigenvalue weighted by atomic mass is 9.98. The Bertz CT molecular complexity index is 282. The molecule has 1 atom stereocenters. The molecule has 1 aromatic carbocycles. The van der Waals surface area contributed by atoms with Crippen molar-refractivity contribution in [3.8, 4) is 0 Å². The van der Waals surface area contributed by atoms with E-state index in [1.165, 1.54) is 9.13 Å². The Labute approximate surface area is 106 Å². The number of hydrogen-bond acceptors (Lipinski definition) is 2. The molecule has 84 valence electrons. The lowest BCUT2D eigenvalue weighted by Gasteiger charge is -2.17. The van der Waals surface area contributed by atoms with Crippen LogP contribution in [0.15, 0.2) is 24.3 Å². The third-order valence-corrected chi connectivity index (χ3v) is 3.11. The molecule has 0 aliphatic carbocycles. The van der Waals surface area contributed by atoms with Crippen LogP contribution in [-0.4, -0.2) is 6.04 Å². The van der Waals surface area contributed by atoms with Crippen molar-refractivity contribution in [2.75, 3.05) is 0 Å². The average molecular weight is 318 g/mol. The topological polar surface area (TPSA) is 38.0 Å². The highest BCUT2D eigenvalue weighted by atomic mass is 127. The minimum Gasteiger partial charge on any atom is -0.271 e. The fourth-order valence-corrected chi connectivity index (χ4v) is 2.04. The zero-order valence-corrected chi connectivity index (χ0v) is 11.5. The van der Waals surface area contributed by atoms with E-state index in [1.807, 2.05) is 0 Å². The third-order valence-electron chi connectivity index (χ3n) is 2.39. The maximum atomic E-state index is 5.55. The van der Waals surface area contributed by atoms with Gasteiger partial charge in [0.1, 0.15) is 0 Å². The summed E-state index contributed by atoms with van der Waals surface area (Å²) in [5, 5.41) is 0. The van der Waals surface area contributed by atoms with Crippen LogP contribution in [0.5, 0.6) is 0 Å². The van der Waals surface area contributed by atoms with E-state index in [0.717, 1.165) is 12.8 Å². The zero-order valence-electron chi connectivity index (χ0n) is 9.33. The van der Waals surface area contributed by atoms with Gasteiger partial charge in [-0.25, -0.2) is 0 Å². The highest BCUT2D eigenvalue weighted by molar-refractivity contribution is 14.1. The molecule has 0 spiro atoms. The second-order valence-corrected chi connectivity index (χ2v) is 5.57. The predicted octanol–water partition coefficient (Wildman–Crippen LogP) is 2.71. The maximum absolute atomic E-state index is 5.55. The first-order valence-corrected chi connectivity index (χ1v) is 6.40. The van der Waals surface area contributed by atoms with Crippen LogP contribution in [-0.2, 0) is 6.42 Å². The van der Waals surface area contributed by atoms with E-state index in [2.05, 4.69) is 66.1 Å². The van der Waals surface area contributed by atoms with Crippen LogP contribution in [0.1, 0.15) is 25.8 Å². The molecule has 1 rings (SSSR count). The smallest absolute Gasteiger partial charge is 0.0253 e. The van der Waals surface area contributed by atoms with Gasteiger partial charge < -0.3 is 0 Å².